The zero-order chi connectivity index (χ0) is 11.4. The van der Waals surface area contributed by atoms with Crippen LogP contribution in [0.2, 0.25) is 0 Å². The van der Waals surface area contributed by atoms with Crippen molar-refractivity contribution in [2.75, 3.05) is 13.2 Å². The molecule has 0 N–H and O–H groups in total. The third-order valence-electron chi connectivity index (χ3n) is 2.43. The first-order chi connectivity index (χ1) is 7.81. The van der Waals surface area contributed by atoms with Crippen molar-refractivity contribution in [2.45, 2.75) is 13.0 Å². The molecule has 1 heterocycles. The highest BCUT2D eigenvalue weighted by molar-refractivity contribution is 5.89. The van der Waals surface area contributed by atoms with E-state index in [1.54, 1.807) is 19.1 Å². The molecule has 2 rings (SSSR count). The molecule has 0 spiro atoms. The minimum atomic E-state index is -0.281. The summed E-state index contributed by atoms with van der Waals surface area (Å²) < 4.78 is 10.4. The lowest BCUT2D eigenvalue weighted by atomic mass is 10.1. The summed E-state index contributed by atoms with van der Waals surface area (Å²) in [6.07, 6.45) is 4.03. The fourth-order valence-corrected chi connectivity index (χ4v) is 1.62. The molecule has 1 aromatic rings. The summed E-state index contributed by atoms with van der Waals surface area (Å²) in [6.45, 7) is 2.85. The van der Waals surface area contributed by atoms with Gasteiger partial charge in [-0.2, -0.15) is 0 Å². The molecule has 16 heavy (non-hydrogen) atoms. The van der Waals surface area contributed by atoms with Gasteiger partial charge in [-0.25, -0.2) is 4.79 Å². The van der Waals surface area contributed by atoms with E-state index in [0.29, 0.717) is 18.8 Å². The van der Waals surface area contributed by atoms with Gasteiger partial charge in [0.05, 0.1) is 18.8 Å². The second kappa shape index (κ2) is 4.94. The van der Waals surface area contributed by atoms with Gasteiger partial charge in [0.15, 0.2) is 0 Å². The van der Waals surface area contributed by atoms with Gasteiger partial charge in [0.25, 0.3) is 0 Å². The maximum Gasteiger partial charge on any atom is 0.338 e. The first kappa shape index (κ1) is 10.9. The molecule has 1 aromatic carbocycles. The molecule has 0 aromatic heterocycles. The average Bonchev–Trinajstić information content (AvgIpc) is 2.83. The molecule has 1 unspecified atom stereocenters. The number of benzene rings is 1. The molecule has 0 amide bonds. The molecule has 0 aliphatic carbocycles. The number of carbonyl (C=O) groups is 1. The number of esters is 1. The maximum atomic E-state index is 11.4. The predicted molar refractivity (Wildman–Crippen MR) is 60.2 cm³/mol. The third kappa shape index (κ3) is 2.31. The Balaban J connectivity index is 2.09. The first-order valence-electron chi connectivity index (χ1n) is 5.36. The molecule has 1 aliphatic heterocycles. The summed E-state index contributed by atoms with van der Waals surface area (Å²) in [4.78, 5) is 11.4. The Morgan fingerprint density at radius 1 is 1.44 bits per heavy atom. The molecule has 84 valence electrons. The Morgan fingerprint density at radius 2 is 2.19 bits per heavy atom. The van der Waals surface area contributed by atoms with E-state index in [1.807, 2.05) is 24.3 Å². The van der Waals surface area contributed by atoms with Crippen molar-refractivity contribution in [3.63, 3.8) is 0 Å². The van der Waals surface area contributed by atoms with Crippen LogP contribution in [0.15, 0.2) is 36.4 Å². The maximum absolute atomic E-state index is 11.4. The fourth-order valence-electron chi connectivity index (χ4n) is 1.62. The quantitative estimate of drug-likeness (QED) is 0.577. The number of hydrogen-bond donors (Lipinski definition) is 0. The highest BCUT2D eigenvalue weighted by Crippen LogP contribution is 2.23. The van der Waals surface area contributed by atoms with Gasteiger partial charge in [0, 0.05) is 0 Å². The molecule has 0 radical (unpaired) electrons. The minimum absolute atomic E-state index is 0.0243. The lowest BCUT2D eigenvalue weighted by Crippen LogP contribution is -2.05. The van der Waals surface area contributed by atoms with Gasteiger partial charge in [0.2, 0.25) is 0 Å². The van der Waals surface area contributed by atoms with Gasteiger partial charge in [-0.1, -0.05) is 24.3 Å². The van der Waals surface area contributed by atoms with E-state index in [1.165, 1.54) is 0 Å². The van der Waals surface area contributed by atoms with Crippen LogP contribution in [0.4, 0.5) is 0 Å². The van der Waals surface area contributed by atoms with Crippen LogP contribution in [0.1, 0.15) is 28.9 Å². The Bertz CT molecular complexity index is 392. The highest BCUT2D eigenvalue weighted by Gasteiger charge is 2.13. The van der Waals surface area contributed by atoms with Gasteiger partial charge in [0.1, 0.15) is 6.10 Å². The summed E-state index contributed by atoms with van der Waals surface area (Å²) in [5.74, 6) is -0.281. The summed E-state index contributed by atoms with van der Waals surface area (Å²) >= 11 is 0. The van der Waals surface area contributed by atoms with Gasteiger partial charge in [-0.3, -0.25) is 0 Å². The Kier molecular flexibility index (Phi) is 3.37. The lowest BCUT2D eigenvalue weighted by molar-refractivity contribution is 0.0526. The van der Waals surface area contributed by atoms with E-state index >= 15 is 0 Å². The van der Waals surface area contributed by atoms with Crippen LogP contribution in [0.3, 0.4) is 0 Å². The van der Waals surface area contributed by atoms with Crippen LogP contribution in [0.25, 0.3) is 0 Å². The van der Waals surface area contributed by atoms with E-state index in [0.717, 1.165) is 5.56 Å². The van der Waals surface area contributed by atoms with Crippen molar-refractivity contribution >= 4 is 5.97 Å². The highest BCUT2D eigenvalue weighted by atomic mass is 16.5. The second-order valence-corrected chi connectivity index (χ2v) is 3.52. The monoisotopic (exact) mass is 218 g/mol. The van der Waals surface area contributed by atoms with Gasteiger partial charge in [-0.15, -0.1) is 0 Å². The van der Waals surface area contributed by atoms with E-state index in [-0.39, 0.29) is 12.1 Å². The number of rotatable bonds is 3. The van der Waals surface area contributed by atoms with Crippen molar-refractivity contribution in [2.24, 2.45) is 0 Å². The summed E-state index contributed by atoms with van der Waals surface area (Å²) in [7, 11) is 0. The fraction of sp³-hybridized carbons (Fsp3) is 0.308. The van der Waals surface area contributed by atoms with E-state index < -0.39 is 0 Å². The second-order valence-electron chi connectivity index (χ2n) is 3.52. The van der Waals surface area contributed by atoms with Crippen LogP contribution < -0.4 is 0 Å². The van der Waals surface area contributed by atoms with Crippen LogP contribution in [0.5, 0.6) is 0 Å². The smallest absolute Gasteiger partial charge is 0.338 e. The summed E-state index contributed by atoms with van der Waals surface area (Å²) in [6, 6.07) is 7.32. The van der Waals surface area contributed by atoms with Gasteiger partial charge in [-0.05, 0) is 24.6 Å². The molecule has 0 saturated carbocycles. The molecule has 0 bridgehead atoms. The molecular formula is C13H14O3. The van der Waals surface area contributed by atoms with Crippen molar-refractivity contribution in [1.82, 2.24) is 0 Å². The summed E-state index contributed by atoms with van der Waals surface area (Å²) in [5, 5.41) is 0. The molecule has 0 fully saturated rings. The standard InChI is InChI=1S/C13H14O3/c1-2-15-13(14)11-7-5-10(6-8-11)12-4-3-9-16-12/h3-8,12H,2,9H2,1H3. The predicted octanol–water partition coefficient (Wildman–Crippen LogP) is 2.49. The lowest BCUT2D eigenvalue weighted by Gasteiger charge is -2.09. The Hall–Kier alpha value is -1.61. The zero-order valence-electron chi connectivity index (χ0n) is 9.18. The zero-order valence-corrected chi connectivity index (χ0v) is 9.18. The van der Waals surface area contributed by atoms with E-state index in [2.05, 4.69) is 0 Å². The normalized spacial score (nSPS) is 18.7. The van der Waals surface area contributed by atoms with Gasteiger partial charge >= 0.3 is 5.97 Å². The van der Waals surface area contributed by atoms with Crippen LogP contribution in [-0.4, -0.2) is 19.2 Å². The van der Waals surface area contributed by atoms with Crippen LogP contribution in [-0.2, 0) is 9.47 Å². The average molecular weight is 218 g/mol. The molecule has 1 atom stereocenters. The van der Waals surface area contributed by atoms with E-state index in [9.17, 15) is 4.79 Å². The molecular weight excluding hydrogens is 204 g/mol. The first-order valence-corrected chi connectivity index (χ1v) is 5.36. The largest absolute Gasteiger partial charge is 0.462 e. The molecule has 0 saturated heterocycles. The molecule has 3 heteroatoms. The van der Waals surface area contributed by atoms with Crippen molar-refractivity contribution in [3.8, 4) is 0 Å². The third-order valence-corrected chi connectivity index (χ3v) is 2.43. The Morgan fingerprint density at radius 3 is 2.75 bits per heavy atom. The number of ether oxygens (including phenoxy) is 2. The van der Waals surface area contributed by atoms with Crippen molar-refractivity contribution in [3.05, 3.63) is 47.5 Å². The topological polar surface area (TPSA) is 35.5 Å². The summed E-state index contributed by atoms with van der Waals surface area (Å²) in [5.41, 5.74) is 1.63. The van der Waals surface area contributed by atoms with Crippen LogP contribution >= 0.6 is 0 Å². The SMILES string of the molecule is CCOC(=O)c1ccc(C2C=CCO2)cc1. The van der Waals surface area contributed by atoms with E-state index in [4.69, 9.17) is 9.47 Å². The number of hydrogen-bond acceptors (Lipinski definition) is 3. The molecule has 1 aliphatic rings. The van der Waals surface area contributed by atoms with Crippen molar-refractivity contribution < 1.29 is 14.3 Å². The Labute approximate surface area is 94.7 Å². The minimum Gasteiger partial charge on any atom is -0.462 e. The molecule has 3 nitrogen and oxygen atoms in total. The van der Waals surface area contributed by atoms with Crippen LogP contribution in [0, 0.1) is 0 Å². The van der Waals surface area contributed by atoms with Crippen molar-refractivity contribution in [1.29, 1.82) is 0 Å². The number of carbonyl (C=O) groups excluding carboxylic acids is 1. The van der Waals surface area contributed by atoms with Gasteiger partial charge < -0.3 is 9.47 Å².